The minimum Gasteiger partial charge on any atom is -0.367 e. The monoisotopic (exact) mass is 307 g/mol. The Hall–Kier alpha value is -2.47. The lowest BCUT2D eigenvalue weighted by Crippen LogP contribution is -2.04. The van der Waals surface area contributed by atoms with Gasteiger partial charge in [0.1, 0.15) is 12.1 Å². The van der Waals surface area contributed by atoms with E-state index in [4.69, 9.17) is 4.98 Å². The number of nitrogens with zero attached hydrogens (tertiary/aromatic N) is 3. The number of nitrogens with one attached hydrogen (secondary N) is 2. The van der Waals surface area contributed by atoms with Crippen LogP contribution in [0.1, 0.15) is 12.8 Å². The van der Waals surface area contributed by atoms with Crippen molar-refractivity contribution < 1.29 is 0 Å². The van der Waals surface area contributed by atoms with E-state index in [1.165, 1.54) is 23.6 Å². The van der Waals surface area contributed by atoms with Crippen LogP contribution < -0.4 is 5.32 Å². The van der Waals surface area contributed by atoms with Gasteiger partial charge in [0.25, 0.3) is 0 Å². The third-order valence-corrected chi connectivity index (χ3v) is 4.80. The predicted octanol–water partition coefficient (Wildman–Crippen LogP) is 3.81. The highest BCUT2D eigenvalue weighted by Crippen LogP contribution is 2.37. The van der Waals surface area contributed by atoms with E-state index in [-0.39, 0.29) is 0 Å². The van der Waals surface area contributed by atoms with Crippen molar-refractivity contribution in [2.24, 2.45) is 0 Å². The third-order valence-electron chi connectivity index (χ3n) is 4.06. The van der Waals surface area contributed by atoms with E-state index in [1.54, 1.807) is 17.7 Å². The van der Waals surface area contributed by atoms with E-state index in [2.05, 4.69) is 37.3 Å². The number of hydrogen-bond acceptors (Lipinski definition) is 5. The maximum atomic E-state index is 4.92. The highest BCUT2D eigenvalue weighted by molar-refractivity contribution is 7.09. The molecule has 0 bridgehead atoms. The molecule has 0 aliphatic heterocycles. The number of hydrogen-bond donors (Lipinski definition) is 2. The van der Waals surface area contributed by atoms with Gasteiger partial charge in [-0.1, -0.05) is 12.1 Å². The molecule has 1 aliphatic carbocycles. The molecule has 1 aromatic carbocycles. The molecule has 0 spiro atoms. The molecule has 6 heteroatoms. The number of fused-ring (bicyclic) bond motifs is 3. The zero-order valence-electron chi connectivity index (χ0n) is 11.7. The third kappa shape index (κ3) is 1.80. The Bertz CT molecular complexity index is 969. The number of para-hydroxylation sites is 1. The van der Waals surface area contributed by atoms with E-state index in [9.17, 15) is 0 Å². The van der Waals surface area contributed by atoms with Crippen LogP contribution in [0.4, 0.5) is 5.82 Å². The molecule has 5 rings (SSSR count). The van der Waals surface area contributed by atoms with Crippen molar-refractivity contribution in [3.63, 3.8) is 0 Å². The number of benzene rings is 1. The average molecular weight is 307 g/mol. The van der Waals surface area contributed by atoms with Crippen LogP contribution in [0, 0.1) is 0 Å². The van der Waals surface area contributed by atoms with Gasteiger partial charge in [0, 0.05) is 33.1 Å². The van der Waals surface area contributed by atoms with Crippen LogP contribution in [0.3, 0.4) is 0 Å². The summed E-state index contributed by atoms with van der Waals surface area (Å²) in [5.41, 5.74) is 1.95. The summed E-state index contributed by atoms with van der Waals surface area (Å²) >= 11 is 1.72. The summed E-state index contributed by atoms with van der Waals surface area (Å²) < 4.78 is 0. The lowest BCUT2D eigenvalue weighted by atomic mass is 10.1. The maximum absolute atomic E-state index is 4.92. The van der Waals surface area contributed by atoms with E-state index in [0.29, 0.717) is 6.04 Å². The van der Waals surface area contributed by atoms with Crippen LogP contribution in [-0.2, 0) is 0 Å². The Morgan fingerprint density at radius 1 is 1.14 bits per heavy atom. The van der Waals surface area contributed by atoms with Gasteiger partial charge in [-0.05, 0) is 24.3 Å². The summed E-state index contributed by atoms with van der Waals surface area (Å²) in [6, 6.07) is 6.78. The van der Waals surface area contributed by atoms with Crippen LogP contribution in [0.5, 0.6) is 0 Å². The molecule has 22 heavy (non-hydrogen) atoms. The van der Waals surface area contributed by atoms with Crippen molar-refractivity contribution in [3.05, 3.63) is 35.3 Å². The fraction of sp³-hybridized carbons (Fsp3) is 0.188. The number of aromatic nitrogens is 4. The van der Waals surface area contributed by atoms with Crippen molar-refractivity contribution in [2.45, 2.75) is 18.9 Å². The molecular weight excluding hydrogens is 294 g/mol. The summed E-state index contributed by atoms with van der Waals surface area (Å²) in [6.45, 7) is 0. The zero-order valence-corrected chi connectivity index (χ0v) is 12.5. The molecule has 4 aromatic rings. The van der Waals surface area contributed by atoms with Crippen molar-refractivity contribution in [1.29, 1.82) is 0 Å². The Morgan fingerprint density at radius 2 is 2.05 bits per heavy atom. The standard InChI is InChI=1S/C16H13N5S/c1-2-10-12-6-22-7-13(12)16(19-9-4-5-9)20-14(10)11(3-1)15-17-8-18-21-15/h1-3,6-9H,4-5H2,(H,19,20)(H,17,18,21). The number of thiophene rings is 1. The summed E-state index contributed by atoms with van der Waals surface area (Å²) in [4.78, 5) is 8.00. The largest absolute Gasteiger partial charge is 0.367 e. The first kappa shape index (κ1) is 12.1. The Balaban J connectivity index is 1.85. The molecule has 1 saturated carbocycles. The Labute approximate surface area is 130 Å². The molecule has 0 amide bonds. The van der Waals surface area contributed by atoms with Crippen molar-refractivity contribution in [3.8, 4) is 11.4 Å². The second-order valence-electron chi connectivity index (χ2n) is 5.62. The topological polar surface area (TPSA) is 66.5 Å². The second-order valence-corrected chi connectivity index (χ2v) is 6.36. The van der Waals surface area contributed by atoms with Gasteiger partial charge in [-0.3, -0.25) is 0 Å². The zero-order chi connectivity index (χ0) is 14.5. The first-order valence-electron chi connectivity index (χ1n) is 7.32. The molecule has 2 N–H and O–H groups in total. The fourth-order valence-electron chi connectivity index (χ4n) is 2.80. The van der Waals surface area contributed by atoms with Gasteiger partial charge in [0.05, 0.1) is 5.52 Å². The average Bonchev–Trinajstić information content (AvgIpc) is 3.05. The predicted molar refractivity (Wildman–Crippen MR) is 89.1 cm³/mol. The molecule has 0 radical (unpaired) electrons. The molecule has 0 unspecified atom stereocenters. The SMILES string of the molecule is c1cc(-c2nnc[nH]2)c2nc(NC3CC3)c3cscc3c2c1. The number of pyridine rings is 1. The second kappa shape index (κ2) is 4.51. The molecular formula is C16H13N5S. The van der Waals surface area contributed by atoms with Gasteiger partial charge in [-0.2, -0.15) is 11.3 Å². The molecule has 3 aromatic heterocycles. The molecule has 3 heterocycles. The van der Waals surface area contributed by atoms with E-state index >= 15 is 0 Å². The van der Waals surface area contributed by atoms with Gasteiger partial charge >= 0.3 is 0 Å². The van der Waals surface area contributed by atoms with Gasteiger partial charge in [0.2, 0.25) is 0 Å². The number of H-pyrrole nitrogens is 1. The van der Waals surface area contributed by atoms with E-state index in [1.807, 2.05) is 12.1 Å². The highest BCUT2D eigenvalue weighted by Gasteiger charge is 2.23. The molecule has 5 nitrogen and oxygen atoms in total. The van der Waals surface area contributed by atoms with Gasteiger partial charge < -0.3 is 10.3 Å². The number of rotatable bonds is 3. The summed E-state index contributed by atoms with van der Waals surface area (Å²) in [6.07, 6.45) is 4.06. The van der Waals surface area contributed by atoms with Crippen LogP contribution in [0.25, 0.3) is 33.1 Å². The minimum atomic E-state index is 0.575. The van der Waals surface area contributed by atoms with Gasteiger partial charge in [-0.15, -0.1) is 10.2 Å². The lowest BCUT2D eigenvalue weighted by Gasteiger charge is -2.10. The van der Waals surface area contributed by atoms with Gasteiger partial charge in [0.15, 0.2) is 5.82 Å². The Kier molecular flexibility index (Phi) is 2.48. The minimum absolute atomic E-state index is 0.575. The number of aromatic amines is 1. The first-order chi connectivity index (χ1) is 10.9. The summed E-state index contributed by atoms with van der Waals surface area (Å²) in [5, 5.41) is 19.6. The lowest BCUT2D eigenvalue weighted by molar-refractivity contribution is 1.09. The van der Waals surface area contributed by atoms with Crippen LogP contribution in [0.2, 0.25) is 0 Å². The molecule has 108 valence electrons. The molecule has 0 atom stereocenters. The van der Waals surface area contributed by atoms with Crippen molar-refractivity contribution >= 4 is 38.8 Å². The van der Waals surface area contributed by atoms with E-state index in [0.717, 1.165) is 28.1 Å². The highest BCUT2D eigenvalue weighted by atomic mass is 32.1. The normalized spacial score (nSPS) is 14.7. The van der Waals surface area contributed by atoms with Gasteiger partial charge in [-0.25, -0.2) is 4.98 Å². The fourth-order valence-corrected chi connectivity index (χ4v) is 3.63. The molecule has 1 aliphatic rings. The van der Waals surface area contributed by atoms with Crippen LogP contribution >= 0.6 is 11.3 Å². The summed E-state index contributed by atoms with van der Waals surface area (Å²) in [7, 11) is 0. The van der Waals surface area contributed by atoms with E-state index < -0.39 is 0 Å². The Morgan fingerprint density at radius 3 is 2.86 bits per heavy atom. The quantitative estimate of drug-likeness (QED) is 0.604. The first-order valence-corrected chi connectivity index (χ1v) is 8.26. The number of anilines is 1. The molecule has 0 saturated heterocycles. The van der Waals surface area contributed by atoms with Crippen molar-refractivity contribution in [2.75, 3.05) is 5.32 Å². The maximum Gasteiger partial charge on any atom is 0.163 e. The van der Waals surface area contributed by atoms with Crippen LogP contribution in [0.15, 0.2) is 35.3 Å². The van der Waals surface area contributed by atoms with Crippen molar-refractivity contribution in [1.82, 2.24) is 20.2 Å². The van der Waals surface area contributed by atoms with Crippen LogP contribution in [-0.4, -0.2) is 26.2 Å². The smallest absolute Gasteiger partial charge is 0.163 e. The molecule has 1 fully saturated rings. The summed E-state index contributed by atoms with van der Waals surface area (Å²) in [5.74, 6) is 1.74.